The fourth-order valence-electron chi connectivity index (χ4n) is 2.94. The van der Waals surface area contributed by atoms with Crippen LogP contribution < -0.4 is 10.7 Å². The third-order valence-electron chi connectivity index (χ3n) is 4.22. The fourth-order valence-corrected chi connectivity index (χ4v) is 3.43. The number of carbonyl (C=O) groups is 3. The Balaban J connectivity index is 1.82. The molecule has 10 heteroatoms. The summed E-state index contributed by atoms with van der Waals surface area (Å²) in [6.45, 7) is 0. The third kappa shape index (κ3) is 2.74. The Labute approximate surface area is 167 Å². The van der Waals surface area contributed by atoms with Gasteiger partial charge in [-0.1, -0.05) is 35.3 Å². The predicted octanol–water partition coefficient (Wildman–Crippen LogP) is 2.68. The number of nitrogens with zero attached hydrogens (tertiary/aromatic N) is 3. The average Bonchev–Trinajstić information content (AvgIpc) is 3.09. The molecule has 0 aliphatic carbocycles. The molecule has 1 aliphatic heterocycles. The van der Waals surface area contributed by atoms with Crippen LogP contribution >= 0.6 is 23.2 Å². The minimum absolute atomic E-state index is 0.00779. The molecule has 2 amide bonds. The van der Waals surface area contributed by atoms with Crippen molar-refractivity contribution in [3.8, 4) is 0 Å². The number of piperidine rings is 1. The van der Waals surface area contributed by atoms with Gasteiger partial charge in [-0.25, -0.2) is 9.88 Å². The molecule has 8 nitrogen and oxygen atoms in total. The van der Waals surface area contributed by atoms with Gasteiger partial charge in [0.25, 0.3) is 5.91 Å². The highest BCUT2D eigenvalue weighted by molar-refractivity contribution is 6.67. The van der Waals surface area contributed by atoms with Gasteiger partial charge < -0.3 is 10.3 Å². The van der Waals surface area contributed by atoms with Crippen LogP contribution in [0.4, 0.5) is 5.69 Å². The van der Waals surface area contributed by atoms with E-state index in [1.165, 1.54) is 18.2 Å². The number of hydrogen-bond donors (Lipinski definition) is 1. The van der Waals surface area contributed by atoms with Crippen molar-refractivity contribution in [1.82, 2.24) is 4.98 Å². The summed E-state index contributed by atoms with van der Waals surface area (Å²) >= 11 is 11.9. The molecule has 0 saturated carbocycles. The predicted molar refractivity (Wildman–Crippen MR) is 102 cm³/mol. The smallest absolute Gasteiger partial charge is 0.302 e. The molecular formula is C18H10Cl2N4O4. The number of para-hydroxylation sites is 2. The zero-order valence-electron chi connectivity index (χ0n) is 13.9. The molecule has 28 heavy (non-hydrogen) atoms. The zero-order valence-corrected chi connectivity index (χ0v) is 15.4. The minimum Gasteiger partial charge on any atom is -0.439 e. The van der Waals surface area contributed by atoms with Gasteiger partial charge in [-0.05, 0) is 30.3 Å². The molecule has 1 saturated heterocycles. The van der Waals surface area contributed by atoms with E-state index in [1.807, 2.05) is 0 Å². The monoisotopic (exact) mass is 416 g/mol. The molecule has 4 rings (SSSR count). The standard InChI is InChI=1S/C18H10Cl2N4O4/c19-8-5-6-11(9(20)7-8)24-17(26)14(23-21)13(15(25)18(24)27)16-22-10-3-1-2-4-12(10)28-16/h1-7,13H,21H2/b23-14-/t13-/m0/s1. The molecule has 1 aromatic heterocycles. The summed E-state index contributed by atoms with van der Waals surface area (Å²) in [6.07, 6.45) is 0. The first-order valence-electron chi connectivity index (χ1n) is 7.93. The van der Waals surface area contributed by atoms with Crippen LogP contribution in [0.1, 0.15) is 11.8 Å². The van der Waals surface area contributed by atoms with Crippen molar-refractivity contribution in [2.45, 2.75) is 5.92 Å². The van der Waals surface area contributed by atoms with E-state index in [0.29, 0.717) is 21.0 Å². The number of fused-ring (bicyclic) bond motifs is 1. The summed E-state index contributed by atoms with van der Waals surface area (Å²) in [7, 11) is 0. The van der Waals surface area contributed by atoms with Crippen LogP contribution in [0.25, 0.3) is 11.1 Å². The second-order valence-corrected chi connectivity index (χ2v) is 6.72. The molecule has 0 radical (unpaired) electrons. The number of oxazole rings is 1. The van der Waals surface area contributed by atoms with Gasteiger partial charge in [0.1, 0.15) is 11.2 Å². The van der Waals surface area contributed by atoms with E-state index in [-0.39, 0.29) is 22.3 Å². The molecule has 1 atom stereocenters. The Morgan fingerprint density at radius 2 is 1.82 bits per heavy atom. The van der Waals surface area contributed by atoms with Gasteiger partial charge in [0.2, 0.25) is 11.7 Å². The number of halogens is 2. The van der Waals surface area contributed by atoms with Gasteiger partial charge in [-0.3, -0.25) is 14.4 Å². The van der Waals surface area contributed by atoms with Crippen molar-refractivity contribution in [2.24, 2.45) is 10.9 Å². The number of amides is 2. The van der Waals surface area contributed by atoms with Crippen molar-refractivity contribution >= 4 is 63.3 Å². The highest BCUT2D eigenvalue weighted by Crippen LogP contribution is 2.34. The topological polar surface area (TPSA) is 119 Å². The third-order valence-corrected chi connectivity index (χ3v) is 4.76. The molecular weight excluding hydrogens is 407 g/mol. The first-order valence-corrected chi connectivity index (χ1v) is 8.69. The lowest BCUT2D eigenvalue weighted by molar-refractivity contribution is -0.139. The largest absolute Gasteiger partial charge is 0.439 e. The molecule has 140 valence electrons. The zero-order chi connectivity index (χ0) is 20.0. The van der Waals surface area contributed by atoms with Crippen LogP contribution in [0.2, 0.25) is 10.0 Å². The van der Waals surface area contributed by atoms with Gasteiger partial charge in [0, 0.05) is 5.02 Å². The van der Waals surface area contributed by atoms with E-state index in [4.69, 9.17) is 33.5 Å². The van der Waals surface area contributed by atoms with E-state index in [0.717, 1.165) is 0 Å². The van der Waals surface area contributed by atoms with E-state index in [9.17, 15) is 14.4 Å². The molecule has 1 fully saturated rings. The van der Waals surface area contributed by atoms with Crippen molar-refractivity contribution in [2.75, 3.05) is 4.90 Å². The number of ketones is 1. The number of carbonyl (C=O) groups excluding carboxylic acids is 3. The van der Waals surface area contributed by atoms with E-state index in [1.54, 1.807) is 24.3 Å². The van der Waals surface area contributed by atoms with E-state index in [2.05, 4.69) is 10.1 Å². The number of benzene rings is 2. The van der Waals surface area contributed by atoms with E-state index >= 15 is 0 Å². The SMILES string of the molecule is N/N=C1\C(=O)N(c2ccc(Cl)cc2Cl)C(=O)C(=O)[C@H]1c1nc2ccccc2o1. The van der Waals surface area contributed by atoms with Crippen molar-refractivity contribution < 1.29 is 18.8 Å². The minimum atomic E-state index is -1.44. The van der Waals surface area contributed by atoms with Crippen molar-refractivity contribution in [3.63, 3.8) is 0 Å². The number of hydrogen-bond acceptors (Lipinski definition) is 7. The first kappa shape index (κ1) is 18.1. The van der Waals surface area contributed by atoms with Crippen LogP contribution in [-0.2, 0) is 14.4 Å². The maximum atomic E-state index is 12.9. The van der Waals surface area contributed by atoms with Crippen LogP contribution in [0, 0.1) is 0 Å². The lowest BCUT2D eigenvalue weighted by Crippen LogP contribution is -2.55. The normalized spacial score (nSPS) is 19.1. The number of rotatable bonds is 2. The Bertz CT molecular complexity index is 1150. The maximum Gasteiger partial charge on any atom is 0.302 e. The lowest BCUT2D eigenvalue weighted by atomic mass is 9.91. The van der Waals surface area contributed by atoms with Crippen molar-refractivity contribution in [1.29, 1.82) is 0 Å². The fraction of sp³-hybridized carbons (Fsp3) is 0.0556. The Morgan fingerprint density at radius 1 is 1.07 bits per heavy atom. The molecule has 0 bridgehead atoms. The Hall–Kier alpha value is -3.23. The van der Waals surface area contributed by atoms with Gasteiger partial charge in [-0.15, -0.1) is 0 Å². The maximum absolute atomic E-state index is 12.9. The quantitative estimate of drug-likeness (QED) is 0.296. The van der Waals surface area contributed by atoms with Gasteiger partial charge in [-0.2, -0.15) is 5.10 Å². The number of nitrogens with two attached hydrogens (primary N) is 1. The highest BCUT2D eigenvalue weighted by atomic mass is 35.5. The second kappa shape index (κ2) is 6.74. The number of hydrazone groups is 1. The molecule has 0 unspecified atom stereocenters. The lowest BCUT2D eigenvalue weighted by Gasteiger charge is -2.28. The molecule has 2 N–H and O–H groups in total. The molecule has 1 aliphatic rings. The Morgan fingerprint density at radius 3 is 2.50 bits per heavy atom. The summed E-state index contributed by atoms with van der Waals surface area (Å²) in [4.78, 5) is 43.3. The van der Waals surface area contributed by atoms with E-state index < -0.39 is 23.5 Å². The summed E-state index contributed by atoms with van der Waals surface area (Å²) in [5.74, 6) is 0.821. The van der Waals surface area contributed by atoms with Crippen LogP contribution in [0.5, 0.6) is 0 Å². The average molecular weight is 417 g/mol. The Kier molecular flexibility index (Phi) is 4.37. The van der Waals surface area contributed by atoms with Crippen LogP contribution in [0.15, 0.2) is 52.0 Å². The van der Waals surface area contributed by atoms with Crippen LogP contribution in [-0.4, -0.2) is 28.3 Å². The summed E-state index contributed by atoms with van der Waals surface area (Å²) in [6, 6.07) is 10.9. The number of imide groups is 1. The highest BCUT2D eigenvalue weighted by Gasteiger charge is 2.49. The molecule has 2 aromatic carbocycles. The second-order valence-electron chi connectivity index (χ2n) is 5.87. The van der Waals surface area contributed by atoms with Gasteiger partial charge >= 0.3 is 5.91 Å². The number of aromatic nitrogens is 1. The van der Waals surface area contributed by atoms with Crippen LogP contribution in [0.3, 0.4) is 0 Å². The number of anilines is 1. The summed E-state index contributed by atoms with van der Waals surface area (Å²) in [5, 5.41) is 3.76. The van der Waals surface area contributed by atoms with Gasteiger partial charge in [0.05, 0.1) is 10.7 Å². The van der Waals surface area contributed by atoms with Gasteiger partial charge in [0.15, 0.2) is 11.5 Å². The molecule has 2 heterocycles. The first-order chi connectivity index (χ1) is 13.4. The molecule has 3 aromatic rings. The summed E-state index contributed by atoms with van der Waals surface area (Å²) < 4.78 is 5.55. The molecule has 0 spiro atoms. The summed E-state index contributed by atoms with van der Waals surface area (Å²) in [5.41, 5.74) is 0.461. The van der Waals surface area contributed by atoms with Crippen molar-refractivity contribution in [3.05, 3.63) is 58.4 Å². The number of Topliss-reactive ketones (excluding diaryl/α,β-unsaturated/α-hetero) is 1.